The molecule has 1 saturated heterocycles. The molecule has 1 aliphatic rings. The summed E-state index contributed by atoms with van der Waals surface area (Å²) in [4.78, 5) is 2.64. The van der Waals surface area contributed by atoms with Gasteiger partial charge in [0, 0.05) is 24.5 Å². The summed E-state index contributed by atoms with van der Waals surface area (Å²) in [6, 6.07) is 9.16. The Morgan fingerprint density at radius 1 is 1.11 bits per heavy atom. The molecule has 1 aromatic rings. The van der Waals surface area contributed by atoms with Gasteiger partial charge in [0.15, 0.2) is 0 Å². The third-order valence-corrected chi connectivity index (χ3v) is 4.42. The second-order valence-corrected chi connectivity index (χ2v) is 6.76. The molecule has 1 heterocycles. The molecule has 0 radical (unpaired) electrons. The Hall–Kier alpha value is -0.820. The van der Waals surface area contributed by atoms with Gasteiger partial charge in [-0.05, 0) is 39.2 Å². The van der Waals surface area contributed by atoms with Crippen molar-refractivity contribution >= 4 is 0 Å². The molecule has 18 heavy (non-hydrogen) atoms. The second-order valence-electron chi connectivity index (χ2n) is 6.76. The molecule has 0 bridgehead atoms. The van der Waals surface area contributed by atoms with Gasteiger partial charge in [-0.2, -0.15) is 0 Å². The zero-order valence-electron chi connectivity index (χ0n) is 12.5. The highest BCUT2D eigenvalue weighted by Crippen LogP contribution is 2.37. The van der Waals surface area contributed by atoms with E-state index in [1.807, 2.05) is 0 Å². The highest BCUT2D eigenvalue weighted by Gasteiger charge is 2.37. The van der Waals surface area contributed by atoms with Gasteiger partial charge < -0.3 is 0 Å². The maximum atomic E-state index is 2.64. The first-order chi connectivity index (χ1) is 8.41. The van der Waals surface area contributed by atoms with Crippen molar-refractivity contribution in [2.75, 3.05) is 13.1 Å². The van der Waals surface area contributed by atoms with Crippen LogP contribution in [0.15, 0.2) is 24.3 Å². The van der Waals surface area contributed by atoms with Crippen LogP contribution in [0.5, 0.6) is 0 Å². The van der Waals surface area contributed by atoms with Crippen LogP contribution in [0.25, 0.3) is 0 Å². The van der Waals surface area contributed by atoms with Gasteiger partial charge in [-0.15, -0.1) is 0 Å². The molecule has 1 aliphatic heterocycles. The van der Waals surface area contributed by atoms with Crippen LogP contribution in [-0.2, 0) is 0 Å². The van der Waals surface area contributed by atoms with E-state index in [0.717, 1.165) is 11.8 Å². The van der Waals surface area contributed by atoms with Gasteiger partial charge in [-0.3, -0.25) is 4.90 Å². The molecule has 2 atom stereocenters. The number of likely N-dealkylation sites (tertiary alicyclic amines) is 1. The van der Waals surface area contributed by atoms with Crippen LogP contribution < -0.4 is 0 Å². The van der Waals surface area contributed by atoms with Crippen LogP contribution in [0.3, 0.4) is 0 Å². The summed E-state index contributed by atoms with van der Waals surface area (Å²) in [5.41, 5.74) is 3.18. The zero-order valence-corrected chi connectivity index (χ0v) is 12.5. The molecule has 2 rings (SSSR count). The lowest BCUT2D eigenvalue weighted by molar-refractivity contribution is 0.167. The normalized spacial score (nSPS) is 25.6. The van der Waals surface area contributed by atoms with Gasteiger partial charge >= 0.3 is 0 Å². The monoisotopic (exact) mass is 245 g/mol. The van der Waals surface area contributed by atoms with Crippen molar-refractivity contribution in [2.45, 2.75) is 52.5 Å². The Balaban J connectivity index is 2.19. The van der Waals surface area contributed by atoms with Crippen LogP contribution in [0.4, 0.5) is 0 Å². The summed E-state index contributed by atoms with van der Waals surface area (Å²) in [5.74, 6) is 1.53. The molecule has 100 valence electrons. The van der Waals surface area contributed by atoms with Gasteiger partial charge in [0.05, 0.1) is 0 Å². The summed E-state index contributed by atoms with van der Waals surface area (Å²) < 4.78 is 0. The average Bonchev–Trinajstić information content (AvgIpc) is 2.73. The Labute approximate surface area is 112 Å². The van der Waals surface area contributed by atoms with E-state index in [1.54, 1.807) is 0 Å². The van der Waals surface area contributed by atoms with Crippen molar-refractivity contribution in [1.29, 1.82) is 0 Å². The van der Waals surface area contributed by atoms with E-state index < -0.39 is 0 Å². The van der Waals surface area contributed by atoms with Crippen molar-refractivity contribution in [3.63, 3.8) is 0 Å². The molecule has 0 saturated carbocycles. The lowest BCUT2D eigenvalue weighted by Crippen LogP contribution is -2.39. The van der Waals surface area contributed by atoms with Gasteiger partial charge in [0.1, 0.15) is 0 Å². The summed E-state index contributed by atoms with van der Waals surface area (Å²) in [6.07, 6.45) is 1.28. The Morgan fingerprint density at radius 3 is 2.22 bits per heavy atom. The fourth-order valence-corrected chi connectivity index (χ4v) is 3.02. The molecular formula is C17H27N. The van der Waals surface area contributed by atoms with Gasteiger partial charge in [-0.1, -0.05) is 43.2 Å². The maximum Gasteiger partial charge on any atom is 0.0125 e. The minimum Gasteiger partial charge on any atom is -0.298 e. The van der Waals surface area contributed by atoms with Crippen LogP contribution in [-0.4, -0.2) is 23.5 Å². The van der Waals surface area contributed by atoms with Gasteiger partial charge in [-0.25, -0.2) is 0 Å². The summed E-state index contributed by atoms with van der Waals surface area (Å²) in [6.45, 7) is 13.9. The standard InChI is InChI=1S/C17H27N/c1-6-14-11-18(17(3,4)5)12-16(14)15-9-7-13(2)8-10-15/h7-10,14,16H,6,11-12H2,1-5H3/t14?,16-/m1/s1. The lowest BCUT2D eigenvalue weighted by Gasteiger charge is -2.32. The lowest BCUT2D eigenvalue weighted by atomic mass is 9.87. The topological polar surface area (TPSA) is 3.24 Å². The first-order valence-electron chi connectivity index (χ1n) is 7.23. The Bertz CT molecular complexity index is 385. The highest BCUT2D eigenvalue weighted by molar-refractivity contribution is 5.26. The van der Waals surface area contributed by atoms with E-state index in [0.29, 0.717) is 5.54 Å². The van der Waals surface area contributed by atoms with E-state index >= 15 is 0 Å². The fourth-order valence-electron chi connectivity index (χ4n) is 3.02. The number of hydrogen-bond acceptors (Lipinski definition) is 1. The van der Waals surface area contributed by atoms with E-state index in [-0.39, 0.29) is 0 Å². The second kappa shape index (κ2) is 5.05. The predicted octanol–water partition coefficient (Wildman–Crippen LogP) is 4.22. The zero-order chi connectivity index (χ0) is 13.3. The van der Waals surface area contributed by atoms with E-state index in [1.165, 1.54) is 30.6 Å². The van der Waals surface area contributed by atoms with E-state index in [2.05, 4.69) is 63.8 Å². The number of aryl methyl sites for hydroxylation is 1. The summed E-state index contributed by atoms with van der Waals surface area (Å²) in [5, 5.41) is 0. The van der Waals surface area contributed by atoms with Crippen molar-refractivity contribution < 1.29 is 0 Å². The molecule has 1 unspecified atom stereocenters. The third kappa shape index (κ3) is 2.77. The van der Waals surface area contributed by atoms with E-state index in [9.17, 15) is 0 Å². The average molecular weight is 245 g/mol. The first kappa shape index (κ1) is 13.6. The van der Waals surface area contributed by atoms with Crippen LogP contribution in [0, 0.1) is 12.8 Å². The molecule has 0 aromatic heterocycles. The largest absolute Gasteiger partial charge is 0.298 e. The van der Waals surface area contributed by atoms with Crippen molar-refractivity contribution in [3.05, 3.63) is 35.4 Å². The predicted molar refractivity (Wildman–Crippen MR) is 79.0 cm³/mol. The molecule has 0 N–H and O–H groups in total. The summed E-state index contributed by atoms with van der Waals surface area (Å²) in [7, 11) is 0. The summed E-state index contributed by atoms with van der Waals surface area (Å²) >= 11 is 0. The molecule has 1 aromatic carbocycles. The molecule has 0 amide bonds. The minimum absolute atomic E-state index is 0.298. The molecule has 1 heteroatoms. The minimum atomic E-state index is 0.298. The molecule has 1 nitrogen and oxygen atoms in total. The third-order valence-electron chi connectivity index (χ3n) is 4.42. The smallest absolute Gasteiger partial charge is 0.0125 e. The van der Waals surface area contributed by atoms with E-state index in [4.69, 9.17) is 0 Å². The highest BCUT2D eigenvalue weighted by atomic mass is 15.2. The SMILES string of the molecule is CCC1CN(C(C)(C)C)C[C@H]1c1ccc(C)cc1. The quantitative estimate of drug-likeness (QED) is 0.754. The molecule has 0 spiro atoms. The van der Waals surface area contributed by atoms with Crippen molar-refractivity contribution in [3.8, 4) is 0 Å². The first-order valence-corrected chi connectivity index (χ1v) is 7.23. The van der Waals surface area contributed by atoms with Crippen LogP contribution >= 0.6 is 0 Å². The molecular weight excluding hydrogens is 218 g/mol. The van der Waals surface area contributed by atoms with Crippen molar-refractivity contribution in [2.24, 2.45) is 5.92 Å². The Morgan fingerprint density at radius 2 is 1.72 bits per heavy atom. The van der Waals surface area contributed by atoms with Gasteiger partial charge in [0.25, 0.3) is 0 Å². The maximum absolute atomic E-state index is 2.64. The van der Waals surface area contributed by atoms with Gasteiger partial charge in [0.2, 0.25) is 0 Å². The number of rotatable bonds is 2. The number of nitrogens with zero attached hydrogens (tertiary/aromatic N) is 1. The van der Waals surface area contributed by atoms with Crippen LogP contribution in [0.2, 0.25) is 0 Å². The fraction of sp³-hybridized carbons (Fsp3) is 0.647. The molecule has 0 aliphatic carbocycles. The van der Waals surface area contributed by atoms with Crippen molar-refractivity contribution in [1.82, 2.24) is 4.90 Å². The van der Waals surface area contributed by atoms with Crippen LogP contribution in [0.1, 0.15) is 51.2 Å². The molecule has 1 fully saturated rings. The number of hydrogen-bond donors (Lipinski definition) is 0. The Kier molecular flexibility index (Phi) is 3.82. The number of benzene rings is 1.